The zero-order valence-electron chi connectivity index (χ0n) is 10.4. The summed E-state index contributed by atoms with van der Waals surface area (Å²) in [6.45, 7) is 0. The van der Waals surface area contributed by atoms with Crippen molar-refractivity contribution in [1.29, 1.82) is 0 Å². The molecule has 0 aliphatic heterocycles. The van der Waals surface area contributed by atoms with Crippen LogP contribution in [0.4, 0.5) is 5.82 Å². The zero-order valence-corrected chi connectivity index (χ0v) is 11.2. The first-order valence-electron chi connectivity index (χ1n) is 5.66. The van der Waals surface area contributed by atoms with Crippen LogP contribution in [-0.2, 0) is 0 Å². The molecular weight excluding hydrogens is 264 g/mol. The first-order chi connectivity index (χ1) is 9.15. The molecule has 5 N–H and O–H groups in total. The number of ether oxygens (including phenoxy) is 1. The van der Waals surface area contributed by atoms with Crippen LogP contribution < -0.4 is 21.7 Å². The summed E-state index contributed by atoms with van der Waals surface area (Å²) < 4.78 is 5.12. The molecule has 1 heterocycles. The van der Waals surface area contributed by atoms with Gasteiger partial charge < -0.3 is 10.5 Å². The normalized spacial score (nSPS) is 12.2. The molecule has 0 radical (unpaired) electrons. The molecule has 19 heavy (non-hydrogen) atoms. The number of rotatable bonds is 4. The molecular formula is C13H15ClN4O. The number of anilines is 1. The van der Waals surface area contributed by atoms with Crippen LogP contribution >= 0.6 is 11.6 Å². The summed E-state index contributed by atoms with van der Waals surface area (Å²) in [4.78, 5) is 4.03. The van der Waals surface area contributed by atoms with Crippen molar-refractivity contribution in [3.8, 4) is 5.75 Å². The number of nitrogens with one attached hydrogen (secondary N) is 1. The number of pyridine rings is 1. The predicted octanol–water partition coefficient (Wildman–Crippen LogP) is 1.88. The van der Waals surface area contributed by atoms with E-state index < -0.39 is 0 Å². The van der Waals surface area contributed by atoms with Gasteiger partial charge in [-0.3, -0.25) is 5.84 Å². The molecule has 0 fully saturated rings. The van der Waals surface area contributed by atoms with Gasteiger partial charge >= 0.3 is 0 Å². The average Bonchev–Trinajstić information content (AvgIpc) is 2.44. The van der Waals surface area contributed by atoms with Crippen molar-refractivity contribution in [2.75, 3.05) is 12.8 Å². The molecule has 0 aliphatic carbocycles. The van der Waals surface area contributed by atoms with E-state index in [1.807, 2.05) is 24.3 Å². The molecule has 2 aromatic rings. The summed E-state index contributed by atoms with van der Waals surface area (Å²) in [6, 6.07) is 8.99. The van der Waals surface area contributed by atoms with E-state index in [4.69, 9.17) is 27.9 Å². The standard InChI is InChI=1S/C13H15ClN4O/c1-19-10-4-2-8(3-5-10)12(18-16)11-6-9(14)7-17-13(11)15/h2-7,12,18H,16H2,1H3,(H2,15,17). The predicted molar refractivity (Wildman–Crippen MR) is 75.8 cm³/mol. The fraction of sp³-hybridized carbons (Fsp3) is 0.154. The van der Waals surface area contributed by atoms with Gasteiger partial charge in [-0.2, -0.15) is 0 Å². The first-order valence-corrected chi connectivity index (χ1v) is 6.04. The van der Waals surface area contributed by atoms with Gasteiger partial charge in [0.05, 0.1) is 18.2 Å². The first kappa shape index (κ1) is 13.6. The van der Waals surface area contributed by atoms with E-state index in [9.17, 15) is 0 Å². The van der Waals surface area contributed by atoms with Crippen molar-refractivity contribution in [2.24, 2.45) is 5.84 Å². The van der Waals surface area contributed by atoms with Crippen molar-refractivity contribution in [2.45, 2.75) is 6.04 Å². The summed E-state index contributed by atoms with van der Waals surface area (Å²) in [6.07, 6.45) is 1.50. The minimum atomic E-state index is -0.280. The van der Waals surface area contributed by atoms with E-state index in [0.29, 0.717) is 10.8 Å². The third kappa shape index (κ3) is 2.96. The molecule has 6 heteroatoms. The minimum Gasteiger partial charge on any atom is -0.497 e. The van der Waals surface area contributed by atoms with Crippen molar-refractivity contribution in [3.05, 3.63) is 52.7 Å². The molecule has 1 aromatic heterocycles. The summed E-state index contributed by atoms with van der Waals surface area (Å²) in [7, 11) is 1.62. The minimum absolute atomic E-state index is 0.280. The topological polar surface area (TPSA) is 86.2 Å². The molecule has 100 valence electrons. The largest absolute Gasteiger partial charge is 0.497 e. The SMILES string of the molecule is COc1ccc(C(NN)c2cc(Cl)cnc2N)cc1. The third-order valence-corrected chi connectivity index (χ3v) is 3.05. The van der Waals surface area contributed by atoms with E-state index in [2.05, 4.69) is 10.4 Å². The summed E-state index contributed by atoms with van der Waals surface area (Å²) in [5, 5.41) is 0.512. The number of hydrogen-bond acceptors (Lipinski definition) is 5. The lowest BCUT2D eigenvalue weighted by atomic mass is 10.00. The number of benzene rings is 1. The van der Waals surface area contributed by atoms with E-state index in [-0.39, 0.29) is 6.04 Å². The number of aromatic nitrogens is 1. The Labute approximate surface area is 116 Å². The highest BCUT2D eigenvalue weighted by Crippen LogP contribution is 2.28. The van der Waals surface area contributed by atoms with E-state index in [0.717, 1.165) is 16.9 Å². The van der Waals surface area contributed by atoms with Crippen molar-refractivity contribution in [1.82, 2.24) is 10.4 Å². The number of hydrogen-bond donors (Lipinski definition) is 3. The van der Waals surface area contributed by atoms with Gasteiger partial charge in [0.1, 0.15) is 11.6 Å². The maximum absolute atomic E-state index is 5.95. The Morgan fingerprint density at radius 3 is 2.58 bits per heavy atom. The number of nitrogens with two attached hydrogens (primary N) is 2. The number of nitrogen functional groups attached to an aromatic ring is 1. The number of halogens is 1. The second-order valence-corrected chi connectivity index (χ2v) is 4.44. The van der Waals surface area contributed by atoms with Gasteiger partial charge in [0, 0.05) is 11.8 Å². The van der Waals surface area contributed by atoms with Crippen LogP contribution in [0.1, 0.15) is 17.2 Å². The van der Waals surface area contributed by atoms with Gasteiger partial charge in [-0.05, 0) is 23.8 Å². The number of hydrazine groups is 1. The van der Waals surface area contributed by atoms with E-state index in [1.54, 1.807) is 13.2 Å². The van der Waals surface area contributed by atoms with Crippen LogP contribution in [-0.4, -0.2) is 12.1 Å². The van der Waals surface area contributed by atoms with Gasteiger partial charge in [-0.25, -0.2) is 10.4 Å². The molecule has 0 saturated carbocycles. The molecule has 0 saturated heterocycles. The lowest BCUT2D eigenvalue weighted by Gasteiger charge is -2.18. The lowest BCUT2D eigenvalue weighted by molar-refractivity contribution is 0.414. The summed E-state index contributed by atoms with van der Waals surface area (Å²) in [5.74, 6) is 6.79. The third-order valence-electron chi connectivity index (χ3n) is 2.84. The Kier molecular flexibility index (Phi) is 4.21. The summed E-state index contributed by atoms with van der Waals surface area (Å²) >= 11 is 5.95. The van der Waals surface area contributed by atoms with Crippen LogP contribution in [0.2, 0.25) is 5.02 Å². The van der Waals surface area contributed by atoms with E-state index >= 15 is 0 Å². The molecule has 0 aliphatic rings. The highest BCUT2D eigenvalue weighted by Gasteiger charge is 2.16. The Morgan fingerprint density at radius 1 is 1.32 bits per heavy atom. The lowest BCUT2D eigenvalue weighted by Crippen LogP contribution is -2.29. The monoisotopic (exact) mass is 278 g/mol. The molecule has 1 unspecified atom stereocenters. The van der Waals surface area contributed by atoms with Crippen LogP contribution in [0.3, 0.4) is 0 Å². The smallest absolute Gasteiger partial charge is 0.128 e. The highest BCUT2D eigenvalue weighted by atomic mass is 35.5. The summed E-state index contributed by atoms with van der Waals surface area (Å²) in [5.41, 5.74) is 10.3. The highest BCUT2D eigenvalue weighted by molar-refractivity contribution is 6.30. The van der Waals surface area contributed by atoms with Crippen molar-refractivity contribution < 1.29 is 4.74 Å². The van der Waals surface area contributed by atoms with Crippen molar-refractivity contribution >= 4 is 17.4 Å². The maximum atomic E-state index is 5.95. The molecule has 5 nitrogen and oxygen atoms in total. The fourth-order valence-corrected chi connectivity index (χ4v) is 2.02. The second-order valence-electron chi connectivity index (χ2n) is 4.00. The number of nitrogens with zero attached hydrogens (tertiary/aromatic N) is 1. The van der Waals surface area contributed by atoms with Crippen molar-refractivity contribution in [3.63, 3.8) is 0 Å². The van der Waals surface area contributed by atoms with Gasteiger partial charge in [0.15, 0.2) is 0 Å². The quantitative estimate of drug-likeness (QED) is 0.587. The molecule has 1 atom stereocenters. The van der Waals surface area contributed by atoms with Crippen LogP contribution in [0.15, 0.2) is 36.5 Å². The van der Waals surface area contributed by atoms with Gasteiger partial charge in [-0.15, -0.1) is 0 Å². The fourth-order valence-electron chi connectivity index (χ4n) is 1.86. The van der Waals surface area contributed by atoms with Gasteiger partial charge in [0.25, 0.3) is 0 Å². The zero-order chi connectivity index (χ0) is 13.8. The average molecular weight is 279 g/mol. The van der Waals surface area contributed by atoms with Crippen LogP contribution in [0.25, 0.3) is 0 Å². The Hall–Kier alpha value is -1.82. The molecule has 0 amide bonds. The molecule has 0 spiro atoms. The van der Waals surface area contributed by atoms with Crippen LogP contribution in [0, 0.1) is 0 Å². The van der Waals surface area contributed by atoms with Gasteiger partial charge in [0.2, 0.25) is 0 Å². The van der Waals surface area contributed by atoms with E-state index in [1.165, 1.54) is 6.20 Å². The molecule has 1 aromatic carbocycles. The van der Waals surface area contributed by atoms with Gasteiger partial charge in [-0.1, -0.05) is 23.7 Å². The maximum Gasteiger partial charge on any atom is 0.128 e. The molecule has 0 bridgehead atoms. The van der Waals surface area contributed by atoms with Crippen LogP contribution in [0.5, 0.6) is 5.75 Å². The Bertz CT molecular complexity index is 559. The number of methoxy groups -OCH3 is 1. The Morgan fingerprint density at radius 2 is 2.00 bits per heavy atom. The molecule has 2 rings (SSSR count). The second kappa shape index (κ2) is 5.88. The Balaban J connectivity index is 2.40.